The van der Waals surface area contributed by atoms with Gasteiger partial charge in [0.2, 0.25) is 5.88 Å². The first-order valence-corrected chi connectivity index (χ1v) is 7.78. The van der Waals surface area contributed by atoms with Gasteiger partial charge in [-0.25, -0.2) is 4.79 Å². The summed E-state index contributed by atoms with van der Waals surface area (Å²) >= 11 is 0. The van der Waals surface area contributed by atoms with Crippen molar-refractivity contribution in [3.05, 3.63) is 48.2 Å². The zero-order valence-electron chi connectivity index (χ0n) is 13.1. The molecule has 1 aromatic carbocycles. The molecule has 2 amide bonds. The van der Waals surface area contributed by atoms with E-state index in [2.05, 4.69) is 15.5 Å². The van der Waals surface area contributed by atoms with E-state index < -0.39 is 0 Å². The van der Waals surface area contributed by atoms with Crippen LogP contribution in [0.1, 0.15) is 18.4 Å². The lowest BCUT2D eigenvalue weighted by Gasteiger charge is -2.31. The second-order valence-electron chi connectivity index (χ2n) is 5.66. The van der Waals surface area contributed by atoms with E-state index in [4.69, 9.17) is 4.74 Å². The van der Waals surface area contributed by atoms with Crippen LogP contribution in [0.3, 0.4) is 0 Å². The van der Waals surface area contributed by atoms with Crippen LogP contribution in [0.5, 0.6) is 5.88 Å². The predicted octanol–water partition coefficient (Wildman–Crippen LogP) is 2.86. The highest BCUT2D eigenvalue weighted by molar-refractivity contribution is 5.89. The average Bonchev–Trinajstić information content (AvgIpc) is 2.58. The Labute approximate surface area is 135 Å². The van der Waals surface area contributed by atoms with Crippen LogP contribution in [0.15, 0.2) is 42.6 Å². The molecule has 1 aliphatic rings. The van der Waals surface area contributed by atoms with Crippen molar-refractivity contribution in [2.75, 3.05) is 18.4 Å². The normalized spacial score (nSPS) is 15.3. The molecule has 0 radical (unpaired) electrons. The van der Waals surface area contributed by atoms with E-state index in [1.54, 1.807) is 18.3 Å². The van der Waals surface area contributed by atoms with Crippen molar-refractivity contribution in [3.8, 4) is 5.88 Å². The van der Waals surface area contributed by atoms with Crippen LogP contribution in [-0.4, -0.2) is 40.3 Å². The number of aromatic nitrogens is 2. The number of likely N-dealkylation sites (tertiary alicyclic amines) is 1. The number of hydrogen-bond donors (Lipinski definition) is 1. The van der Waals surface area contributed by atoms with Gasteiger partial charge in [-0.1, -0.05) is 17.7 Å². The molecule has 23 heavy (non-hydrogen) atoms. The van der Waals surface area contributed by atoms with Gasteiger partial charge in [0.25, 0.3) is 0 Å². The number of hydrogen-bond acceptors (Lipinski definition) is 4. The average molecular weight is 312 g/mol. The number of carbonyl (C=O) groups is 1. The highest BCUT2D eigenvalue weighted by Gasteiger charge is 2.24. The minimum Gasteiger partial charge on any atom is -0.473 e. The molecule has 2 aromatic rings. The van der Waals surface area contributed by atoms with E-state index in [9.17, 15) is 4.79 Å². The number of nitrogens with zero attached hydrogens (tertiary/aromatic N) is 3. The molecule has 1 saturated heterocycles. The first-order chi connectivity index (χ1) is 11.2. The summed E-state index contributed by atoms with van der Waals surface area (Å²) in [5, 5.41) is 10.6. The first-order valence-electron chi connectivity index (χ1n) is 7.78. The van der Waals surface area contributed by atoms with E-state index in [0.29, 0.717) is 19.0 Å². The molecule has 6 nitrogen and oxygen atoms in total. The minimum atomic E-state index is -0.0631. The lowest BCUT2D eigenvalue weighted by molar-refractivity contribution is 0.110. The van der Waals surface area contributed by atoms with Crippen molar-refractivity contribution in [1.29, 1.82) is 0 Å². The van der Waals surface area contributed by atoms with Gasteiger partial charge in [-0.05, 0) is 25.1 Å². The van der Waals surface area contributed by atoms with E-state index in [0.717, 1.165) is 18.5 Å². The molecule has 0 saturated carbocycles. The maximum Gasteiger partial charge on any atom is 0.321 e. The zero-order valence-corrected chi connectivity index (χ0v) is 13.1. The topological polar surface area (TPSA) is 67.4 Å². The van der Waals surface area contributed by atoms with Crippen molar-refractivity contribution in [2.45, 2.75) is 25.9 Å². The summed E-state index contributed by atoms with van der Waals surface area (Å²) in [4.78, 5) is 14.1. The van der Waals surface area contributed by atoms with Crippen LogP contribution in [0.4, 0.5) is 10.5 Å². The van der Waals surface area contributed by atoms with Crippen molar-refractivity contribution in [3.63, 3.8) is 0 Å². The summed E-state index contributed by atoms with van der Waals surface area (Å²) < 4.78 is 5.78. The molecule has 1 N–H and O–H groups in total. The summed E-state index contributed by atoms with van der Waals surface area (Å²) in [6.45, 7) is 3.36. The highest BCUT2D eigenvalue weighted by atomic mass is 16.5. The smallest absolute Gasteiger partial charge is 0.321 e. The number of amides is 2. The fourth-order valence-corrected chi connectivity index (χ4v) is 2.54. The Kier molecular flexibility index (Phi) is 4.71. The largest absolute Gasteiger partial charge is 0.473 e. The lowest BCUT2D eigenvalue weighted by atomic mass is 10.1. The van der Waals surface area contributed by atoms with Crippen LogP contribution >= 0.6 is 0 Å². The van der Waals surface area contributed by atoms with Crippen molar-refractivity contribution < 1.29 is 9.53 Å². The van der Waals surface area contributed by atoms with E-state index in [-0.39, 0.29) is 12.1 Å². The van der Waals surface area contributed by atoms with Crippen LogP contribution in [-0.2, 0) is 0 Å². The third kappa shape index (κ3) is 4.18. The van der Waals surface area contributed by atoms with Gasteiger partial charge < -0.3 is 15.0 Å². The second-order valence-corrected chi connectivity index (χ2v) is 5.66. The van der Waals surface area contributed by atoms with Crippen molar-refractivity contribution >= 4 is 11.7 Å². The van der Waals surface area contributed by atoms with Crippen molar-refractivity contribution in [1.82, 2.24) is 15.1 Å². The van der Waals surface area contributed by atoms with Crippen LogP contribution in [0, 0.1) is 6.92 Å². The molecule has 0 atom stereocenters. The Morgan fingerprint density at radius 2 is 1.96 bits per heavy atom. The number of rotatable bonds is 3. The SMILES string of the molecule is Cc1ccc(NC(=O)N2CCC(Oc3cccnn3)CC2)cc1. The number of nitrogens with one attached hydrogen (secondary N) is 1. The quantitative estimate of drug-likeness (QED) is 0.946. The van der Waals surface area contributed by atoms with Crippen LogP contribution in [0.25, 0.3) is 0 Å². The molecule has 0 bridgehead atoms. The van der Waals surface area contributed by atoms with E-state index in [1.807, 2.05) is 36.1 Å². The summed E-state index contributed by atoms with van der Waals surface area (Å²) in [5.74, 6) is 0.537. The number of benzene rings is 1. The molecule has 120 valence electrons. The molecule has 1 aromatic heterocycles. The van der Waals surface area contributed by atoms with Gasteiger partial charge in [-0.15, -0.1) is 5.10 Å². The van der Waals surface area contributed by atoms with Gasteiger partial charge in [-0.3, -0.25) is 0 Å². The summed E-state index contributed by atoms with van der Waals surface area (Å²) in [7, 11) is 0. The second kappa shape index (κ2) is 7.09. The summed E-state index contributed by atoms with van der Waals surface area (Å²) in [5.41, 5.74) is 1.99. The Balaban J connectivity index is 1.48. The summed E-state index contributed by atoms with van der Waals surface area (Å²) in [6.07, 6.45) is 3.27. The van der Waals surface area contributed by atoms with Gasteiger partial charge in [0.1, 0.15) is 6.10 Å². The van der Waals surface area contributed by atoms with Crippen LogP contribution < -0.4 is 10.1 Å². The first kappa shape index (κ1) is 15.3. The lowest BCUT2D eigenvalue weighted by Crippen LogP contribution is -2.43. The Hall–Kier alpha value is -2.63. The minimum absolute atomic E-state index is 0.0631. The van der Waals surface area contributed by atoms with Gasteiger partial charge in [-0.2, -0.15) is 5.10 Å². The maximum atomic E-state index is 12.3. The zero-order chi connectivity index (χ0) is 16.1. The fraction of sp³-hybridized carbons (Fsp3) is 0.353. The Bertz CT molecular complexity index is 637. The van der Waals surface area contributed by atoms with Gasteiger partial charge in [0.15, 0.2) is 0 Å². The third-order valence-corrected chi connectivity index (χ3v) is 3.87. The molecule has 6 heteroatoms. The maximum absolute atomic E-state index is 12.3. The molecular formula is C17H20N4O2. The monoisotopic (exact) mass is 312 g/mol. The number of anilines is 1. The molecule has 0 unspecified atom stereocenters. The number of carbonyl (C=O) groups excluding carboxylic acids is 1. The van der Waals surface area contributed by atoms with E-state index >= 15 is 0 Å². The Morgan fingerprint density at radius 3 is 2.61 bits per heavy atom. The van der Waals surface area contributed by atoms with Gasteiger partial charge >= 0.3 is 6.03 Å². The van der Waals surface area contributed by atoms with Gasteiger partial charge in [0, 0.05) is 43.9 Å². The number of urea groups is 1. The fourth-order valence-electron chi connectivity index (χ4n) is 2.54. The van der Waals surface area contributed by atoms with E-state index in [1.165, 1.54) is 5.56 Å². The molecular weight excluding hydrogens is 292 g/mol. The molecule has 1 aliphatic heterocycles. The van der Waals surface area contributed by atoms with Gasteiger partial charge in [0.05, 0.1) is 0 Å². The molecule has 2 heterocycles. The Morgan fingerprint density at radius 1 is 1.22 bits per heavy atom. The molecule has 1 fully saturated rings. The molecule has 0 aliphatic carbocycles. The third-order valence-electron chi connectivity index (χ3n) is 3.87. The van der Waals surface area contributed by atoms with Crippen molar-refractivity contribution in [2.24, 2.45) is 0 Å². The number of aryl methyl sites for hydroxylation is 1. The number of piperidine rings is 1. The summed E-state index contributed by atoms with van der Waals surface area (Å²) in [6, 6.07) is 11.3. The highest BCUT2D eigenvalue weighted by Crippen LogP contribution is 2.17. The predicted molar refractivity (Wildman–Crippen MR) is 87.5 cm³/mol. The van der Waals surface area contributed by atoms with Crippen LogP contribution in [0.2, 0.25) is 0 Å². The standard InChI is InChI=1S/C17H20N4O2/c1-13-4-6-14(7-5-13)19-17(22)21-11-8-15(9-12-21)23-16-3-2-10-18-20-16/h2-7,10,15H,8-9,11-12H2,1H3,(H,19,22). The molecule has 3 rings (SSSR count). The molecule has 0 spiro atoms. The number of ether oxygens (including phenoxy) is 1.